The summed E-state index contributed by atoms with van der Waals surface area (Å²) in [5, 5.41) is 2.79. The van der Waals surface area contributed by atoms with Crippen molar-refractivity contribution >= 4 is 43.2 Å². The topological polar surface area (TPSA) is 66.5 Å². The predicted octanol–water partition coefficient (Wildman–Crippen LogP) is 3.03. The number of carbonyl (C=O) groups excluding carboxylic acids is 1. The van der Waals surface area contributed by atoms with E-state index in [-0.39, 0.29) is 12.3 Å². The van der Waals surface area contributed by atoms with Crippen molar-refractivity contribution in [1.82, 2.24) is 0 Å². The number of benzene rings is 2. The molecule has 0 aliphatic rings. The summed E-state index contributed by atoms with van der Waals surface area (Å²) >= 11 is 3.41. The van der Waals surface area contributed by atoms with Gasteiger partial charge in [-0.25, -0.2) is 8.42 Å². The van der Waals surface area contributed by atoms with Gasteiger partial charge < -0.3 is 5.32 Å². The fourth-order valence-electron chi connectivity index (χ4n) is 1.97. The van der Waals surface area contributed by atoms with Crippen molar-refractivity contribution < 1.29 is 13.2 Å². The first kappa shape index (κ1) is 17.5. The standard InChI is InChI=1S/C16H17BrN2O3S/c1-19(23(2,21)22)14-9-7-13(8-10-14)18-16(20)11-12-5-3-4-6-15(12)17/h3-10H,11H2,1-2H3,(H,18,20). The van der Waals surface area contributed by atoms with E-state index in [0.29, 0.717) is 11.4 Å². The highest BCUT2D eigenvalue weighted by atomic mass is 79.9. The summed E-state index contributed by atoms with van der Waals surface area (Å²) in [6.45, 7) is 0. The van der Waals surface area contributed by atoms with Crippen LogP contribution in [0.25, 0.3) is 0 Å². The minimum atomic E-state index is -3.30. The fourth-order valence-corrected chi connectivity index (χ4v) is 2.90. The lowest BCUT2D eigenvalue weighted by molar-refractivity contribution is -0.115. The molecule has 1 N–H and O–H groups in total. The van der Waals surface area contributed by atoms with Crippen LogP contribution in [-0.2, 0) is 21.2 Å². The Kier molecular flexibility index (Phi) is 5.43. The molecular weight excluding hydrogens is 380 g/mol. The number of nitrogens with zero attached hydrogens (tertiary/aromatic N) is 1. The quantitative estimate of drug-likeness (QED) is 0.844. The molecule has 2 aromatic rings. The molecule has 0 saturated heterocycles. The van der Waals surface area contributed by atoms with E-state index in [0.717, 1.165) is 16.3 Å². The monoisotopic (exact) mass is 396 g/mol. The molecule has 122 valence electrons. The van der Waals surface area contributed by atoms with E-state index in [9.17, 15) is 13.2 Å². The smallest absolute Gasteiger partial charge is 0.231 e. The highest BCUT2D eigenvalue weighted by molar-refractivity contribution is 9.10. The van der Waals surface area contributed by atoms with E-state index < -0.39 is 10.0 Å². The predicted molar refractivity (Wildman–Crippen MR) is 96.2 cm³/mol. The van der Waals surface area contributed by atoms with Crippen LogP contribution < -0.4 is 9.62 Å². The lowest BCUT2D eigenvalue weighted by Crippen LogP contribution is -2.24. The molecule has 0 aliphatic carbocycles. The van der Waals surface area contributed by atoms with Gasteiger partial charge in [-0.05, 0) is 35.9 Å². The van der Waals surface area contributed by atoms with E-state index in [4.69, 9.17) is 0 Å². The Morgan fingerprint density at radius 2 is 1.74 bits per heavy atom. The van der Waals surface area contributed by atoms with Gasteiger partial charge in [-0.15, -0.1) is 0 Å². The van der Waals surface area contributed by atoms with Crippen LogP contribution >= 0.6 is 15.9 Å². The molecule has 5 nitrogen and oxygen atoms in total. The molecule has 0 aliphatic heterocycles. The number of amides is 1. The van der Waals surface area contributed by atoms with Crippen LogP contribution in [0.1, 0.15) is 5.56 Å². The Hall–Kier alpha value is -1.86. The van der Waals surface area contributed by atoms with Crippen LogP contribution in [0.15, 0.2) is 53.0 Å². The van der Waals surface area contributed by atoms with Crippen LogP contribution in [0.5, 0.6) is 0 Å². The van der Waals surface area contributed by atoms with Gasteiger partial charge in [0.15, 0.2) is 0 Å². The molecule has 0 unspecified atom stereocenters. The van der Waals surface area contributed by atoms with Crippen molar-refractivity contribution in [2.24, 2.45) is 0 Å². The fraction of sp³-hybridized carbons (Fsp3) is 0.188. The SMILES string of the molecule is CN(c1ccc(NC(=O)Cc2ccccc2Br)cc1)S(C)(=O)=O. The molecule has 0 heterocycles. The second kappa shape index (κ2) is 7.14. The molecule has 2 rings (SSSR count). The van der Waals surface area contributed by atoms with Crippen LogP contribution in [0.3, 0.4) is 0 Å². The first-order chi connectivity index (χ1) is 10.8. The molecule has 23 heavy (non-hydrogen) atoms. The van der Waals surface area contributed by atoms with Crippen molar-refractivity contribution in [2.75, 3.05) is 22.9 Å². The number of halogens is 1. The van der Waals surface area contributed by atoms with Crippen molar-refractivity contribution in [1.29, 1.82) is 0 Å². The maximum Gasteiger partial charge on any atom is 0.231 e. The molecule has 1 amide bonds. The number of sulfonamides is 1. The molecule has 2 aromatic carbocycles. The van der Waals surface area contributed by atoms with Crippen molar-refractivity contribution in [2.45, 2.75) is 6.42 Å². The minimum absolute atomic E-state index is 0.138. The Labute approximate surface area is 144 Å². The lowest BCUT2D eigenvalue weighted by Gasteiger charge is -2.17. The van der Waals surface area contributed by atoms with Crippen molar-refractivity contribution in [3.8, 4) is 0 Å². The number of hydrogen-bond acceptors (Lipinski definition) is 3. The van der Waals surface area contributed by atoms with Gasteiger partial charge in [0.05, 0.1) is 18.4 Å². The number of nitrogens with one attached hydrogen (secondary N) is 1. The average Bonchev–Trinajstić information content (AvgIpc) is 2.49. The van der Waals surface area contributed by atoms with E-state index >= 15 is 0 Å². The molecular formula is C16H17BrN2O3S. The van der Waals surface area contributed by atoms with E-state index in [2.05, 4.69) is 21.2 Å². The molecule has 0 spiro atoms. The summed E-state index contributed by atoms with van der Waals surface area (Å²) in [4.78, 5) is 12.1. The Morgan fingerprint density at radius 3 is 2.30 bits per heavy atom. The van der Waals surface area contributed by atoms with Gasteiger partial charge in [-0.2, -0.15) is 0 Å². The maximum atomic E-state index is 12.1. The Morgan fingerprint density at radius 1 is 1.13 bits per heavy atom. The van der Waals surface area contributed by atoms with Gasteiger partial charge in [0.1, 0.15) is 0 Å². The summed E-state index contributed by atoms with van der Waals surface area (Å²) in [6, 6.07) is 14.2. The van der Waals surface area contributed by atoms with Crippen LogP contribution in [0, 0.1) is 0 Å². The number of rotatable bonds is 5. The highest BCUT2D eigenvalue weighted by Gasteiger charge is 2.12. The maximum absolute atomic E-state index is 12.1. The van der Waals surface area contributed by atoms with Crippen LogP contribution in [0.4, 0.5) is 11.4 Å². The van der Waals surface area contributed by atoms with Crippen LogP contribution in [0.2, 0.25) is 0 Å². The molecule has 0 atom stereocenters. The van der Waals surface area contributed by atoms with Gasteiger partial charge in [-0.1, -0.05) is 34.1 Å². The van der Waals surface area contributed by atoms with E-state index in [1.165, 1.54) is 11.4 Å². The van der Waals surface area contributed by atoms with Crippen LogP contribution in [-0.4, -0.2) is 27.6 Å². The summed E-state index contributed by atoms with van der Waals surface area (Å²) in [5.41, 5.74) is 2.06. The zero-order valence-electron chi connectivity index (χ0n) is 12.8. The van der Waals surface area contributed by atoms with Crippen molar-refractivity contribution in [3.63, 3.8) is 0 Å². The van der Waals surface area contributed by atoms with E-state index in [1.54, 1.807) is 24.3 Å². The molecule has 0 bridgehead atoms. The summed E-state index contributed by atoms with van der Waals surface area (Å²) < 4.78 is 25.0. The third-order valence-corrected chi connectivity index (χ3v) is 5.30. The average molecular weight is 397 g/mol. The zero-order valence-corrected chi connectivity index (χ0v) is 15.2. The second-order valence-electron chi connectivity index (χ2n) is 5.09. The number of anilines is 2. The largest absolute Gasteiger partial charge is 0.326 e. The normalized spacial score (nSPS) is 11.1. The Bertz CT molecular complexity index is 804. The highest BCUT2D eigenvalue weighted by Crippen LogP contribution is 2.20. The third kappa shape index (κ3) is 4.80. The third-order valence-electron chi connectivity index (χ3n) is 3.32. The van der Waals surface area contributed by atoms with Gasteiger partial charge in [0, 0.05) is 17.2 Å². The number of carbonyl (C=O) groups is 1. The molecule has 0 radical (unpaired) electrons. The summed E-state index contributed by atoms with van der Waals surface area (Å²) in [7, 11) is -1.81. The summed E-state index contributed by atoms with van der Waals surface area (Å²) in [5.74, 6) is -0.138. The first-order valence-electron chi connectivity index (χ1n) is 6.84. The van der Waals surface area contributed by atoms with Gasteiger partial charge in [0.2, 0.25) is 15.9 Å². The first-order valence-corrected chi connectivity index (χ1v) is 9.49. The summed E-state index contributed by atoms with van der Waals surface area (Å²) in [6.07, 6.45) is 1.40. The minimum Gasteiger partial charge on any atom is -0.326 e. The van der Waals surface area contributed by atoms with Gasteiger partial charge in [-0.3, -0.25) is 9.10 Å². The molecule has 0 aromatic heterocycles. The van der Waals surface area contributed by atoms with Crippen molar-refractivity contribution in [3.05, 3.63) is 58.6 Å². The molecule has 0 fully saturated rings. The number of hydrogen-bond donors (Lipinski definition) is 1. The van der Waals surface area contributed by atoms with Gasteiger partial charge >= 0.3 is 0 Å². The second-order valence-corrected chi connectivity index (χ2v) is 7.96. The van der Waals surface area contributed by atoms with E-state index in [1.807, 2.05) is 24.3 Å². The van der Waals surface area contributed by atoms with Gasteiger partial charge in [0.25, 0.3) is 0 Å². The molecule has 7 heteroatoms. The Balaban J connectivity index is 2.04. The molecule has 0 saturated carbocycles. The lowest BCUT2D eigenvalue weighted by atomic mass is 10.1. The zero-order chi connectivity index (χ0) is 17.0.